The molecule has 0 spiro atoms. The molecule has 0 aromatic heterocycles. The number of hydrogen-bond donors (Lipinski definition) is 3. The molecular weight excluding hydrogens is 240 g/mol. The summed E-state index contributed by atoms with van der Waals surface area (Å²) in [6.45, 7) is 1.80. The summed E-state index contributed by atoms with van der Waals surface area (Å²) in [5.74, 6) is -5.86. The van der Waals surface area contributed by atoms with E-state index in [-0.39, 0.29) is 6.42 Å². The van der Waals surface area contributed by atoms with Gasteiger partial charge in [-0.2, -0.15) is 0 Å². The van der Waals surface area contributed by atoms with Gasteiger partial charge < -0.3 is 15.3 Å². The van der Waals surface area contributed by atoms with E-state index >= 15 is 0 Å². The zero-order valence-corrected chi connectivity index (χ0v) is 9.40. The lowest BCUT2D eigenvalue weighted by molar-refractivity contribution is -0.175. The number of hydrogen-bond acceptors (Lipinski definition) is 3. The second kappa shape index (κ2) is 5.69. The molecule has 1 unspecified atom stereocenters. The molecule has 0 aliphatic rings. The highest BCUT2D eigenvalue weighted by atomic mass is 35.5. The Morgan fingerprint density at radius 2 is 1.50 bits per heavy atom. The summed E-state index contributed by atoms with van der Waals surface area (Å²) in [6.07, 6.45) is 1.14. The zero-order valence-electron chi connectivity index (χ0n) is 8.64. The van der Waals surface area contributed by atoms with Crippen molar-refractivity contribution in [3.8, 4) is 0 Å². The number of carboxylic acids is 3. The van der Waals surface area contributed by atoms with E-state index in [1.807, 2.05) is 0 Å². The van der Waals surface area contributed by atoms with Gasteiger partial charge in [-0.25, -0.2) is 0 Å². The van der Waals surface area contributed by atoms with Gasteiger partial charge in [0.2, 0.25) is 0 Å². The van der Waals surface area contributed by atoms with Crippen molar-refractivity contribution in [3.63, 3.8) is 0 Å². The van der Waals surface area contributed by atoms with Gasteiger partial charge in [-0.3, -0.25) is 14.4 Å². The molecule has 0 aliphatic heterocycles. The highest BCUT2D eigenvalue weighted by molar-refractivity contribution is 6.30. The molecule has 0 fully saturated rings. The third kappa shape index (κ3) is 2.44. The van der Waals surface area contributed by atoms with Crippen molar-refractivity contribution in [2.75, 3.05) is 0 Å². The molecule has 7 heteroatoms. The maximum absolute atomic E-state index is 10.9. The average Bonchev–Trinajstić information content (AvgIpc) is 2.13. The number of carbonyl (C=O) groups is 3. The number of rotatable bonds is 7. The van der Waals surface area contributed by atoms with E-state index in [4.69, 9.17) is 26.9 Å². The molecule has 92 valence electrons. The Kier molecular flexibility index (Phi) is 5.23. The van der Waals surface area contributed by atoms with Crippen LogP contribution in [0.5, 0.6) is 0 Å². The predicted octanol–water partition coefficient (Wildman–Crippen LogP) is 1.02. The first-order chi connectivity index (χ1) is 7.31. The van der Waals surface area contributed by atoms with Crippen LogP contribution in [0.2, 0.25) is 0 Å². The number of unbranched alkanes of at least 4 members (excludes halogenated alkanes) is 1. The number of halogens is 1. The van der Waals surface area contributed by atoms with Crippen LogP contribution in [0.15, 0.2) is 0 Å². The van der Waals surface area contributed by atoms with Crippen LogP contribution in [0.25, 0.3) is 0 Å². The molecule has 0 saturated heterocycles. The molecule has 1 atom stereocenters. The van der Waals surface area contributed by atoms with Crippen molar-refractivity contribution < 1.29 is 29.7 Å². The first-order valence-corrected chi connectivity index (χ1v) is 5.09. The Morgan fingerprint density at radius 1 is 1.12 bits per heavy atom. The van der Waals surface area contributed by atoms with Gasteiger partial charge in [0.15, 0.2) is 0 Å². The molecule has 0 aromatic rings. The molecule has 0 aromatic carbocycles. The standard InChI is InChI=1S/C9H13ClO6/c1-2-3-4-5(10)9(6(11)12,7(13)14)8(15)16/h5H,2-4H2,1H3,(H,11,12)(H,13,14)(H,15,16). The number of carboxylic acid groups (broad SMARTS) is 3. The van der Waals surface area contributed by atoms with Gasteiger partial charge >= 0.3 is 17.9 Å². The van der Waals surface area contributed by atoms with Crippen LogP contribution in [0, 0.1) is 5.41 Å². The van der Waals surface area contributed by atoms with E-state index in [1.54, 1.807) is 6.92 Å². The summed E-state index contributed by atoms with van der Waals surface area (Å²) in [5, 5.41) is 24.9. The van der Waals surface area contributed by atoms with Gasteiger partial charge in [-0.1, -0.05) is 19.8 Å². The van der Waals surface area contributed by atoms with Crippen molar-refractivity contribution in [2.24, 2.45) is 5.41 Å². The van der Waals surface area contributed by atoms with Crippen LogP contribution in [0.3, 0.4) is 0 Å². The average molecular weight is 253 g/mol. The second-order valence-corrected chi connectivity index (χ2v) is 3.86. The summed E-state index contributed by atoms with van der Waals surface area (Å²) < 4.78 is 0. The van der Waals surface area contributed by atoms with Crippen molar-refractivity contribution >= 4 is 29.5 Å². The van der Waals surface area contributed by atoms with Gasteiger partial charge in [-0.05, 0) is 6.42 Å². The fraction of sp³-hybridized carbons (Fsp3) is 0.667. The second-order valence-electron chi connectivity index (χ2n) is 3.33. The van der Waals surface area contributed by atoms with Gasteiger partial charge in [0.1, 0.15) is 0 Å². The SMILES string of the molecule is CCCCC(Cl)C(C(=O)O)(C(=O)O)C(=O)O. The third-order valence-electron chi connectivity index (χ3n) is 2.29. The lowest BCUT2D eigenvalue weighted by Crippen LogP contribution is -2.53. The van der Waals surface area contributed by atoms with Crippen LogP contribution < -0.4 is 0 Å². The van der Waals surface area contributed by atoms with Crippen molar-refractivity contribution in [3.05, 3.63) is 0 Å². The van der Waals surface area contributed by atoms with Crippen molar-refractivity contribution in [1.82, 2.24) is 0 Å². The highest BCUT2D eigenvalue weighted by Gasteiger charge is 2.59. The smallest absolute Gasteiger partial charge is 0.334 e. The molecule has 0 heterocycles. The predicted molar refractivity (Wildman–Crippen MR) is 54.5 cm³/mol. The Labute approximate surface area is 96.8 Å². The lowest BCUT2D eigenvalue weighted by atomic mass is 9.82. The van der Waals surface area contributed by atoms with E-state index in [0.717, 1.165) is 0 Å². The summed E-state index contributed by atoms with van der Waals surface area (Å²) in [7, 11) is 0. The van der Waals surface area contributed by atoms with E-state index in [1.165, 1.54) is 0 Å². The maximum Gasteiger partial charge on any atom is 0.334 e. The van der Waals surface area contributed by atoms with Gasteiger partial charge in [-0.15, -0.1) is 11.6 Å². The topological polar surface area (TPSA) is 112 Å². The summed E-state index contributed by atoms with van der Waals surface area (Å²) in [4.78, 5) is 32.6. The number of alkyl halides is 1. The Bertz CT molecular complexity index is 264. The van der Waals surface area contributed by atoms with Crippen LogP contribution in [0.4, 0.5) is 0 Å². The quantitative estimate of drug-likeness (QED) is 0.461. The normalized spacial score (nSPS) is 13.1. The highest BCUT2D eigenvalue weighted by Crippen LogP contribution is 2.32. The van der Waals surface area contributed by atoms with Crippen LogP contribution >= 0.6 is 11.6 Å². The number of aliphatic carboxylic acids is 3. The van der Waals surface area contributed by atoms with Gasteiger partial charge in [0, 0.05) is 0 Å². The minimum atomic E-state index is -2.98. The minimum absolute atomic E-state index is 0.0168. The molecule has 0 bridgehead atoms. The first kappa shape index (κ1) is 14.7. The zero-order chi connectivity index (χ0) is 12.9. The fourth-order valence-corrected chi connectivity index (χ4v) is 1.71. The largest absolute Gasteiger partial charge is 0.480 e. The third-order valence-corrected chi connectivity index (χ3v) is 2.84. The molecule has 0 aliphatic carbocycles. The minimum Gasteiger partial charge on any atom is -0.480 e. The van der Waals surface area contributed by atoms with Crippen molar-refractivity contribution in [2.45, 2.75) is 31.6 Å². The van der Waals surface area contributed by atoms with E-state index in [2.05, 4.69) is 0 Å². The first-order valence-electron chi connectivity index (χ1n) is 4.66. The Balaban J connectivity index is 5.27. The van der Waals surface area contributed by atoms with Crippen LogP contribution in [-0.4, -0.2) is 38.6 Å². The van der Waals surface area contributed by atoms with E-state index in [9.17, 15) is 14.4 Å². The van der Waals surface area contributed by atoms with E-state index < -0.39 is 28.7 Å². The molecule has 16 heavy (non-hydrogen) atoms. The summed E-state index contributed by atoms with van der Waals surface area (Å²) in [5.41, 5.74) is -2.98. The molecule has 3 N–H and O–H groups in total. The molecule has 0 rings (SSSR count). The van der Waals surface area contributed by atoms with Crippen LogP contribution in [-0.2, 0) is 14.4 Å². The molecule has 0 radical (unpaired) electrons. The van der Waals surface area contributed by atoms with Gasteiger partial charge in [0.05, 0.1) is 5.38 Å². The van der Waals surface area contributed by atoms with Crippen LogP contribution in [0.1, 0.15) is 26.2 Å². The Morgan fingerprint density at radius 3 is 1.75 bits per heavy atom. The molecule has 0 amide bonds. The summed E-state index contributed by atoms with van der Waals surface area (Å²) >= 11 is 5.62. The van der Waals surface area contributed by atoms with E-state index in [0.29, 0.717) is 12.8 Å². The molecule has 6 nitrogen and oxygen atoms in total. The fourth-order valence-electron chi connectivity index (χ4n) is 1.28. The van der Waals surface area contributed by atoms with Crippen molar-refractivity contribution in [1.29, 1.82) is 0 Å². The Hall–Kier alpha value is -1.30. The lowest BCUT2D eigenvalue weighted by Gasteiger charge is -2.24. The monoisotopic (exact) mass is 252 g/mol. The van der Waals surface area contributed by atoms with Gasteiger partial charge in [0.25, 0.3) is 5.41 Å². The molecular formula is C9H13ClO6. The maximum atomic E-state index is 10.9. The molecule has 0 saturated carbocycles. The summed E-state index contributed by atoms with van der Waals surface area (Å²) in [6, 6.07) is 0.